The molecule has 1 unspecified atom stereocenters. The first kappa shape index (κ1) is 13.4. The molecule has 0 spiro atoms. The molecule has 21 heavy (non-hydrogen) atoms. The highest BCUT2D eigenvalue weighted by molar-refractivity contribution is 5.83. The monoisotopic (exact) mass is 283 g/mol. The van der Waals surface area contributed by atoms with Gasteiger partial charge in [-0.25, -0.2) is 4.98 Å². The topological polar surface area (TPSA) is 75.6 Å². The van der Waals surface area contributed by atoms with Gasteiger partial charge in [0.1, 0.15) is 6.04 Å². The molecule has 2 heterocycles. The van der Waals surface area contributed by atoms with E-state index in [2.05, 4.69) is 20.5 Å². The average molecular weight is 283 g/mol. The summed E-state index contributed by atoms with van der Waals surface area (Å²) >= 11 is 0. The van der Waals surface area contributed by atoms with E-state index in [4.69, 9.17) is 0 Å². The van der Waals surface area contributed by atoms with Gasteiger partial charge in [-0.1, -0.05) is 12.1 Å². The van der Waals surface area contributed by atoms with Crippen LogP contribution >= 0.6 is 0 Å². The van der Waals surface area contributed by atoms with Crippen molar-refractivity contribution >= 4 is 16.9 Å². The fourth-order valence-corrected chi connectivity index (χ4v) is 2.30. The predicted octanol–water partition coefficient (Wildman–Crippen LogP) is 1.95. The van der Waals surface area contributed by atoms with Gasteiger partial charge in [-0.3, -0.25) is 9.89 Å². The molecule has 0 fully saturated rings. The van der Waals surface area contributed by atoms with Crippen molar-refractivity contribution < 1.29 is 4.79 Å². The second-order valence-corrected chi connectivity index (χ2v) is 5.05. The molecule has 3 aromatic rings. The second-order valence-electron chi connectivity index (χ2n) is 5.05. The van der Waals surface area contributed by atoms with Crippen LogP contribution in [0.1, 0.15) is 24.2 Å². The van der Waals surface area contributed by atoms with E-state index < -0.39 is 0 Å². The minimum atomic E-state index is -0.315. The molecule has 1 atom stereocenters. The number of imidazole rings is 1. The third-order valence-corrected chi connectivity index (χ3v) is 3.67. The molecule has 1 amide bonds. The number of H-pyrrole nitrogens is 1. The number of amides is 1. The Morgan fingerprint density at radius 1 is 1.43 bits per heavy atom. The van der Waals surface area contributed by atoms with Gasteiger partial charge in [-0.15, -0.1) is 0 Å². The van der Waals surface area contributed by atoms with Crippen molar-refractivity contribution in [1.29, 1.82) is 0 Å². The second kappa shape index (κ2) is 5.40. The lowest BCUT2D eigenvalue weighted by molar-refractivity contribution is -0.123. The van der Waals surface area contributed by atoms with E-state index in [1.54, 1.807) is 12.5 Å². The number of aromatic nitrogens is 4. The van der Waals surface area contributed by atoms with Crippen molar-refractivity contribution in [1.82, 2.24) is 25.1 Å². The SMILES string of the molecule is Cc1[nH]ncc1CNC(=O)C(C)n1cnc2ccccc21. The molecule has 0 bridgehead atoms. The number of aromatic amines is 1. The maximum Gasteiger partial charge on any atom is 0.243 e. The minimum Gasteiger partial charge on any atom is -0.350 e. The van der Waals surface area contributed by atoms with E-state index in [1.807, 2.05) is 42.7 Å². The first-order chi connectivity index (χ1) is 10.2. The number of rotatable bonds is 4. The lowest BCUT2D eigenvalue weighted by Gasteiger charge is -2.14. The van der Waals surface area contributed by atoms with E-state index >= 15 is 0 Å². The van der Waals surface area contributed by atoms with Gasteiger partial charge in [0.25, 0.3) is 0 Å². The zero-order chi connectivity index (χ0) is 14.8. The highest BCUT2D eigenvalue weighted by Gasteiger charge is 2.17. The smallest absolute Gasteiger partial charge is 0.243 e. The molecule has 6 nitrogen and oxygen atoms in total. The van der Waals surface area contributed by atoms with E-state index in [9.17, 15) is 4.79 Å². The van der Waals surface area contributed by atoms with Crippen LogP contribution in [0.4, 0.5) is 0 Å². The first-order valence-electron chi connectivity index (χ1n) is 6.85. The predicted molar refractivity (Wildman–Crippen MR) is 79.6 cm³/mol. The Balaban J connectivity index is 1.74. The molecule has 108 valence electrons. The standard InChI is InChI=1S/C15H17N5O/c1-10-12(8-18-19-10)7-16-15(21)11(2)20-9-17-13-5-3-4-6-14(13)20/h3-6,8-9,11H,7H2,1-2H3,(H,16,21)(H,18,19). The maximum atomic E-state index is 12.3. The van der Waals surface area contributed by atoms with E-state index in [0.717, 1.165) is 22.3 Å². The Kier molecular flexibility index (Phi) is 3.43. The van der Waals surface area contributed by atoms with Crippen LogP contribution in [0.5, 0.6) is 0 Å². The number of carbonyl (C=O) groups is 1. The number of carbonyl (C=O) groups excluding carboxylic acids is 1. The fraction of sp³-hybridized carbons (Fsp3) is 0.267. The van der Waals surface area contributed by atoms with Crippen molar-refractivity contribution in [2.75, 3.05) is 0 Å². The molecule has 3 rings (SSSR count). The molecule has 0 saturated carbocycles. The summed E-state index contributed by atoms with van der Waals surface area (Å²) in [6.45, 7) is 4.27. The Hall–Kier alpha value is -2.63. The molecular formula is C15H17N5O. The highest BCUT2D eigenvalue weighted by Crippen LogP contribution is 2.17. The quantitative estimate of drug-likeness (QED) is 0.768. The van der Waals surface area contributed by atoms with Crippen LogP contribution in [-0.4, -0.2) is 25.7 Å². The number of nitrogens with one attached hydrogen (secondary N) is 2. The number of hydrogen-bond donors (Lipinski definition) is 2. The van der Waals surface area contributed by atoms with Gasteiger partial charge in [0, 0.05) is 17.8 Å². The largest absolute Gasteiger partial charge is 0.350 e. The van der Waals surface area contributed by atoms with Crippen molar-refractivity contribution in [2.24, 2.45) is 0 Å². The van der Waals surface area contributed by atoms with Crippen molar-refractivity contribution in [3.63, 3.8) is 0 Å². The average Bonchev–Trinajstić information content (AvgIpc) is 3.10. The number of hydrogen-bond acceptors (Lipinski definition) is 3. The Morgan fingerprint density at radius 3 is 3.00 bits per heavy atom. The number of nitrogens with zero attached hydrogens (tertiary/aromatic N) is 3. The van der Waals surface area contributed by atoms with Gasteiger partial charge in [0.05, 0.1) is 23.6 Å². The molecule has 2 N–H and O–H groups in total. The molecule has 6 heteroatoms. The van der Waals surface area contributed by atoms with E-state index in [1.165, 1.54) is 0 Å². The van der Waals surface area contributed by atoms with Gasteiger partial charge in [-0.05, 0) is 26.0 Å². The van der Waals surface area contributed by atoms with Gasteiger partial charge >= 0.3 is 0 Å². The van der Waals surface area contributed by atoms with Crippen LogP contribution in [0.3, 0.4) is 0 Å². The summed E-state index contributed by atoms with van der Waals surface area (Å²) in [5.74, 6) is -0.0428. The van der Waals surface area contributed by atoms with E-state index in [-0.39, 0.29) is 11.9 Å². The van der Waals surface area contributed by atoms with Gasteiger partial charge in [0.15, 0.2) is 0 Å². The summed E-state index contributed by atoms with van der Waals surface area (Å²) in [6.07, 6.45) is 3.44. The molecule has 0 aliphatic carbocycles. The van der Waals surface area contributed by atoms with Crippen LogP contribution in [0.15, 0.2) is 36.8 Å². The maximum absolute atomic E-state index is 12.3. The summed E-state index contributed by atoms with van der Waals surface area (Å²) in [7, 11) is 0. The third kappa shape index (κ3) is 2.52. The Labute approximate surface area is 122 Å². The Bertz CT molecular complexity index is 773. The normalized spacial score (nSPS) is 12.5. The first-order valence-corrected chi connectivity index (χ1v) is 6.85. The molecule has 0 aliphatic rings. The van der Waals surface area contributed by atoms with Crippen LogP contribution in [-0.2, 0) is 11.3 Å². The van der Waals surface area contributed by atoms with Gasteiger partial charge in [-0.2, -0.15) is 5.10 Å². The molecule has 1 aromatic carbocycles. The van der Waals surface area contributed by atoms with Crippen LogP contribution in [0.2, 0.25) is 0 Å². The number of para-hydroxylation sites is 2. The molecule has 2 aromatic heterocycles. The van der Waals surface area contributed by atoms with Crippen molar-refractivity contribution in [3.8, 4) is 0 Å². The lowest BCUT2D eigenvalue weighted by atomic mass is 10.2. The fourth-order valence-electron chi connectivity index (χ4n) is 2.30. The number of aryl methyl sites for hydroxylation is 1. The van der Waals surface area contributed by atoms with Crippen LogP contribution in [0, 0.1) is 6.92 Å². The number of fused-ring (bicyclic) bond motifs is 1. The highest BCUT2D eigenvalue weighted by atomic mass is 16.2. The number of benzene rings is 1. The van der Waals surface area contributed by atoms with E-state index in [0.29, 0.717) is 6.54 Å². The van der Waals surface area contributed by atoms with Crippen molar-refractivity contribution in [2.45, 2.75) is 26.4 Å². The molecule has 0 aliphatic heterocycles. The minimum absolute atomic E-state index is 0.0428. The summed E-state index contributed by atoms with van der Waals surface area (Å²) < 4.78 is 1.88. The van der Waals surface area contributed by atoms with Crippen molar-refractivity contribution in [3.05, 3.63) is 48.0 Å². The summed E-state index contributed by atoms with van der Waals surface area (Å²) in [4.78, 5) is 16.6. The van der Waals surface area contributed by atoms with Gasteiger partial charge < -0.3 is 9.88 Å². The lowest BCUT2D eigenvalue weighted by Crippen LogP contribution is -2.30. The molecule has 0 saturated heterocycles. The van der Waals surface area contributed by atoms with Crippen LogP contribution in [0.25, 0.3) is 11.0 Å². The molecular weight excluding hydrogens is 266 g/mol. The summed E-state index contributed by atoms with van der Waals surface area (Å²) in [5.41, 5.74) is 3.81. The summed E-state index contributed by atoms with van der Waals surface area (Å²) in [6, 6.07) is 7.47. The van der Waals surface area contributed by atoms with Crippen LogP contribution < -0.4 is 5.32 Å². The van der Waals surface area contributed by atoms with Gasteiger partial charge in [0.2, 0.25) is 5.91 Å². The Morgan fingerprint density at radius 2 is 2.24 bits per heavy atom. The molecule has 0 radical (unpaired) electrons. The summed E-state index contributed by atoms with van der Waals surface area (Å²) in [5, 5.41) is 9.73. The zero-order valence-electron chi connectivity index (χ0n) is 12.0. The third-order valence-electron chi connectivity index (χ3n) is 3.67. The zero-order valence-corrected chi connectivity index (χ0v) is 12.0.